The molecule has 0 aliphatic heterocycles. The minimum absolute atomic E-state index is 0.0753. The van der Waals surface area contributed by atoms with E-state index >= 15 is 0 Å². The topological polar surface area (TPSA) is 155 Å². The first-order valence-corrected chi connectivity index (χ1v) is 14.2. The van der Waals surface area contributed by atoms with Gasteiger partial charge in [0.05, 0.1) is 23.6 Å². The fourth-order valence-electron chi connectivity index (χ4n) is 5.56. The Morgan fingerprint density at radius 3 is 2.44 bits per heavy atom. The largest absolute Gasteiger partial charge is 0.351 e. The zero-order chi connectivity index (χ0) is 31.2. The molecular formula is C32H29N11O2. The number of anilines is 2. The van der Waals surface area contributed by atoms with Crippen molar-refractivity contribution in [2.24, 2.45) is 14.1 Å². The van der Waals surface area contributed by atoms with Crippen LogP contribution in [0.15, 0.2) is 78.0 Å². The molecule has 3 N–H and O–H groups in total. The molecule has 0 radical (unpaired) electrons. The molecule has 0 atom stereocenters. The number of tetrazole rings is 1. The molecule has 0 bridgehead atoms. The van der Waals surface area contributed by atoms with Crippen LogP contribution in [0.5, 0.6) is 0 Å². The third-order valence-electron chi connectivity index (χ3n) is 7.83. The van der Waals surface area contributed by atoms with Crippen LogP contribution >= 0.6 is 0 Å². The number of carbonyl (C=O) groups excluding carboxylic acids is 1. The lowest BCUT2D eigenvalue weighted by molar-refractivity contribution is 0.0827. The number of nitrogens with zero attached hydrogens (tertiary/aromatic N) is 8. The van der Waals surface area contributed by atoms with Crippen LogP contribution in [0.25, 0.3) is 44.3 Å². The number of aromatic amines is 2. The predicted octanol–water partition coefficient (Wildman–Crippen LogP) is 4.03. The number of benzene rings is 2. The molecule has 224 valence electrons. The molecule has 0 saturated heterocycles. The highest BCUT2D eigenvalue weighted by Gasteiger charge is 2.22. The molecule has 0 unspecified atom stereocenters. The number of H-pyrrole nitrogens is 2. The number of nitrogens with one attached hydrogen (secondary N) is 3. The lowest BCUT2D eigenvalue weighted by Crippen LogP contribution is -2.21. The molecule has 13 nitrogen and oxygen atoms in total. The van der Waals surface area contributed by atoms with E-state index < -0.39 is 0 Å². The van der Waals surface area contributed by atoms with E-state index in [1.54, 1.807) is 47.7 Å². The molecule has 0 fully saturated rings. The van der Waals surface area contributed by atoms with Crippen LogP contribution in [-0.2, 0) is 20.5 Å². The first-order chi connectivity index (χ1) is 21.8. The summed E-state index contributed by atoms with van der Waals surface area (Å²) in [6.07, 6.45) is 5.98. The maximum absolute atomic E-state index is 13.5. The summed E-state index contributed by atoms with van der Waals surface area (Å²) in [7, 11) is 7.07. The zero-order valence-electron chi connectivity index (χ0n) is 25.0. The second-order valence-corrected chi connectivity index (χ2v) is 11.1. The number of aryl methyl sites for hydroxylation is 2. The Balaban J connectivity index is 1.38. The van der Waals surface area contributed by atoms with Crippen LogP contribution in [0.3, 0.4) is 0 Å². The first kappa shape index (κ1) is 27.7. The SMILES string of the molecule is CN(C)C(=O)c1ccc(-c2c(-c3cnn(C)c3)[nH]c3ncc4c(cc(Nc5ccc(Cc6nn[nH]n6)cc5)c(=O)n4C)c23)cc1. The molecule has 7 aromatic rings. The summed E-state index contributed by atoms with van der Waals surface area (Å²) in [5, 5.41) is 23.5. The van der Waals surface area contributed by atoms with Crippen molar-refractivity contribution in [2.75, 3.05) is 19.4 Å². The molecular weight excluding hydrogens is 570 g/mol. The normalized spacial score (nSPS) is 11.4. The number of hydrogen-bond acceptors (Lipinski definition) is 8. The van der Waals surface area contributed by atoms with Crippen molar-refractivity contribution in [3.8, 4) is 22.4 Å². The maximum Gasteiger partial charge on any atom is 0.274 e. The van der Waals surface area contributed by atoms with Crippen molar-refractivity contribution in [2.45, 2.75) is 6.42 Å². The van der Waals surface area contributed by atoms with Crippen molar-refractivity contribution in [1.29, 1.82) is 0 Å². The third kappa shape index (κ3) is 4.99. The smallest absolute Gasteiger partial charge is 0.274 e. The van der Waals surface area contributed by atoms with Crippen molar-refractivity contribution < 1.29 is 4.79 Å². The van der Waals surface area contributed by atoms with E-state index in [1.807, 2.05) is 67.8 Å². The number of rotatable bonds is 7. The molecule has 0 aliphatic carbocycles. The number of amides is 1. The number of aromatic nitrogens is 9. The van der Waals surface area contributed by atoms with E-state index in [0.29, 0.717) is 34.7 Å². The molecule has 13 heteroatoms. The van der Waals surface area contributed by atoms with Gasteiger partial charge in [0.2, 0.25) is 0 Å². The predicted molar refractivity (Wildman–Crippen MR) is 171 cm³/mol. The van der Waals surface area contributed by atoms with Crippen molar-refractivity contribution in [1.82, 2.24) is 49.8 Å². The van der Waals surface area contributed by atoms with Crippen LogP contribution < -0.4 is 10.9 Å². The van der Waals surface area contributed by atoms with E-state index in [4.69, 9.17) is 4.98 Å². The fraction of sp³-hybridized carbons (Fsp3) is 0.156. The summed E-state index contributed by atoms with van der Waals surface area (Å²) in [6.45, 7) is 0. The van der Waals surface area contributed by atoms with Gasteiger partial charge in [0.1, 0.15) is 11.3 Å². The minimum atomic E-state index is -0.185. The van der Waals surface area contributed by atoms with Crippen molar-refractivity contribution >= 4 is 39.2 Å². The van der Waals surface area contributed by atoms with Gasteiger partial charge < -0.3 is 19.8 Å². The zero-order valence-corrected chi connectivity index (χ0v) is 25.0. The van der Waals surface area contributed by atoms with E-state index in [1.165, 1.54) is 0 Å². The summed E-state index contributed by atoms with van der Waals surface area (Å²) in [6, 6.07) is 17.2. The highest BCUT2D eigenvalue weighted by molar-refractivity contribution is 6.16. The lowest BCUT2D eigenvalue weighted by Gasteiger charge is -2.13. The second kappa shape index (κ2) is 10.9. The van der Waals surface area contributed by atoms with Gasteiger partial charge in [-0.25, -0.2) is 4.98 Å². The summed E-state index contributed by atoms with van der Waals surface area (Å²) < 4.78 is 3.35. The van der Waals surface area contributed by atoms with Gasteiger partial charge in [0, 0.05) is 74.0 Å². The monoisotopic (exact) mass is 599 g/mol. The van der Waals surface area contributed by atoms with Crippen LogP contribution in [0, 0.1) is 0 Å². The highest BCUT2D eigenvalue weighted by Crippen LogP contribution is 2.41. The highest BCUT2D eigenvalue weighted by atomic mass is 16.2. The van der Waals surface area contributed by atoms with Crippen LogP contribution in [-0.4, -0.2) is 69.8 Å². The van der Waals surface area contributed by atoms with Crippen molar-refractivity contribution in [3.05, 3.63) is 100 Å². The summed E-state index contributed by atoms with van der Waals surface area (Å²) >= 11 is 0. The third-order valence-corrected chi connectivity index (χ3v) is 7.83. The molecule has 0 saturated carbocycles. The van der Waals surface area contributed by atoms with Crippen LogP contribution in [0.4, 0.5) is 11.4 Å². The van der Waals surface area contributed by atoms with Gasteiger partial charge in [-0.3, -0.25) is 14.3 Å². The van der Waals surface area contributed by atoms with Gasteiger partial charge in [-0.15, -0.1) is 10.2 Å². The van der Waals surface area contributed by atoms with E-state index in [-0.39, 0.29) is 11.5 Å². The Kier molecular flexibility index (Phi) is 6.69. The molecule has 7 rings (SSSR count). The molecule has 5 aromatic heterocycles. The minimum Gasteiger partial charge on any atom is -0.351 e. The first-order valence-electron chi connectivity index (χ1n) is 14.2. The molecule has 5 heterocycles. The van der Waals surface area contributed by atoms with E-state index in [2.05, 4.69) is 36.0 Å². The number of carbonyl (C=O) groups is 1. The molecule has 2 aromatic carbocycles. The van der Waals surface area contributed by atoms with Gasteiger partial charge in [0.15, 0.2) is 5.82 Å². The van der Waals surface area contributed by atoms with Crippen LogP contribution in [0.2, 0.25) is 0 Å². The quantitative estimate of drug-likeness (QED) is 0.248. The van der Waals surface area contributed by atoms with Gasteiger partial charge in [-0.1, -0.05) is 29.5 Å². The Morgan fingerprint density at radius 1 is 1.00 bits per heavy atom. The molecule has 0 spiro atoms. The Morgan fingerprint density at radius 2 is 1.78 bits per heavy atom. The van der Waals surface area contributed by atoms with E-state index in [9.17, 15) is 9.59 Å². The molecule has 45 heavy (non-hydrogen) atoms. The fourth-order valence-corrected chi connectivity index (χ4v) is 5.56. The number of hydrogen-bond donors (Lipinski definition) is 3. The summed E-state index contributed by atoms with van der Waals surface area (Å²) in [5.74, 6) is 0.525. The lowest BCUT2D eigenvalue weighted by atomic mass is 9.97. The standard InChI is InChI=1S/C32H29N11O2/c1-41(2)31(44)20-9-7-19(8-10-20)27-28-23-14-24(35-22-11-5-18(6-12-22)13-26-37-39-40-38-26)32(45)43(4)25(23)16-33-30(28)36-29(27)21-15-34-42(3)17-21/h5-12,14-17,35H,13H2,1-4H3,(H,33,36)(H,37,38,39,40). The average Bonchev–Trinajstić information content (AvgIpc) is 3.80. The van der Waals surface area contributed by atoms with Gasteiger partial charge >= 0.3 is 0 Å². The summed E-state index contributed by atoms with van der Waals surface area (Å²) in [4.78, 5) is 35.9. The maximum atomic E-state index is 13.5. The number of pyridine rings is 2. The second-order valence-electron chi connectivity index (χ2n) is 11.1. The van der Waals surface area contributed by atoms with E-state index in [0.717, 1.165) is 44.4 Å². The summed E-state index contributed by atoms with van der Waals surface area (Å²) in [5.41, 5.74) is 7.47. The Bertz CT molecular complexity index is 2240. The van der Waals surface area contributed by atoms with Gasteiger partial charge in [-0.05, 0) is 41.5 Å². The molecule has 0 aliphatic rings. The van der Waals surface area contributed by atoms with Gasteiger partial charge in [-0.2, -0.15) is 10.3 Å². The van der Waals surface area contributed by atoms with Crippen LogP contribution in [0.1, 0.15) is 21.7 Å². The Labute approximate surface area is 256 Å². The average molecular weight is 600 g/mol. The number of fused-ring (bicyclic) bond motifs is 3. The Hall–Kier alpha value is -6.11. The van der Waals surface area contributed by atoms with Gasteiger partial charge in [0.25, 0.3) is 11.5 Å². The van der Waals surface area contributed by atoms with Crippen molar-refractivity contribution in [3.63, 3.8) is 0 Å². The molecule has 1 amide bonds.